The maximum Gasteiger partial charge on any atom is 0.261 e. The lowest BCUT2D eigenvalue weighted by molar-refractivity contribution is -0.115. The fraction of sp³-hybridized carbons (Fsp3) is 0.188. The highest BCUT2D eigenvalue weighted by Crippen LogP contribution is 2.24. The summed E-state index contributed by atoms with van der Waals surface area (Å²) in [6.45, 7) is 3.83. The number of anilines is 1. The summed E-state index contributed by atoms with van der Waals surface area (Å²) in [5.74, 6) is -0.487. The van der Waals surface area contributed by atoms with Crippen molar-refractivity contribution in [1.29, 1.82) is 0 Å². The molecule has 0 bridgehead atoms. The minimum Gasteiger partial charge on any atom is -0.342 e. The Morgan fingerprint density at radius 1 is 1.13 bits per heavy atom. The predicted octanol–water partition coefficient (Wildman–Crippen LogP) is 3.34. The van der Waals surface area contributed by atoms with Crippen LogP contribution in [0.2, 0.25) is 0 Å². The first-order valence-electron chi connectivity index (χ1n) is 7.03. The number of hydrogen-bond donors (Lipinski definition) is 2. The lowest BCUT2D eigenvalue weighted by Crippen LogP contribution is -2.32. The summed E-state index contributed by atoms with van der Waals surface area (Å²) in [6, 6.07) is 9.22. The molecule has 0 radical (unpaired) electrons. The minimum absolute atomic E-state index is 0.0600. The van der Waals surface area contributed by atoms with Gasteiger partial charge in [-0.25, -0.2) is 4.98 Å². The van der Waals surface area contributed by atoms with Crippen LogP contribution >= 0.6 is 22.7 Å². The Morgan fingerprint density at radius 2 is 1.96 bits per heavy atom. The van der Waals surface area contributed by atoms with Gasteiger partial charge in [0.05, 0.1) is 26.6 Å². The van der Waals surface area contributed by atoms with Crippen molar-refractivity contribution >= 4 is 50.4 Å². The van der Waals surface area contributed by atoms with Gasteiger partial charge in [-0.2, -0.15) is 0 Å². The van der Waals surface area contributed by atoms with Crippen molar-refractivity contribution in [3.63, 3.8) is 0 Å². The molecule has 3 aromatic rings. The van der Waals surface area contributed by atoms with E-state index in [-0.39, 0.29) is 18.4 Å². The van der Waals surface area contributed by atoms with Crippen LogP contribution in [0, 0.1) is 13.8 Å². The van der Waals surface area contributed by atoms with E-state index in [0.29, 0.717) is 10.6 Å². The number of hydrogen-bond acceptors (Lipinski definition) is 5. The number of nitrogens with one attached hydrogen (secondary N) is 2. The van der Waals surface area contributed by atoms with Gasteiger partial charge in [-0.1, -0.05) is 0 Å². The van der Waals surface area contributed by atoms with Crippen LogP contribution < -0.4 is 10.6 Å². The standard InChI is InChI=1S/C16H15N3O2S2/c1-9-3-6-13(22-9)16(21)17-8-15(20)19-11-4-5-12-14(7-11)23-10(2)18-12/h3-7H,8H2,1-2H3,(H,17,21)(H,19,20). The molecule has 0 spiro atoms. The Kier molecular flexibility index (Phi) is 4.40. The van der Waals surface area contributed by atoms with Crippen LogP contribution in [0.15, 0.2) is 30.3 Å². The molecule has 0 aliphatic carbocycles. The van der Waals surface area contributed by atoms with Gasteiger partial charge in [0.2, 0.25) is 5.91 Å². The quantitative estimate of drug-likeness (QED) is 0.762. The lowest BCUT2D eigenvalue weighted by Gasteiger charge is -2.06. The number of fused-ring (bicyclic) bond motifs is 1. The molecule has 0 aliphatic heterocycles. The fourth-order valence-electron chi connectivity index (χ4n) is 2.13. The summed E-state index contributed by atoms with van der Waals surface area (Å²) in [7, 11) is 0. The lowest BCUT2D eigenvalue weighted by atomic mass is 10.3. The van der Waals surface area contributed by atoms with E-state index in [0.717, 1.165) is 20.1 Å². The van der Waals surface area contributed by atoms with Crippen LogP contribution in [-0.4, -0.2) is 23.3 Å². The molecular formula is C16H15N3O2S2. The van der Waals surface area contributed by atoms with Gasteiger partial charge in [-0.3, -0.25) is 9.59 Å². The SMILES string of the molecule is Cc1ccc(C(=O)NCC(=O)Nc2ccc3nc(C)sc3c2)s1. The van der Waals surface area contributed by atoms with Crippen LogP contribution in [0.5, 0.6) is 0 Å². The third kappa shape index (κ3) is 3.75. The Morgan fingerprint density at radius 3 is 2.70 bits per heavy atom. The highest BCUT2D eigenvalue weighted by Gasteiger charge is 2.10. The first kappa shape index (κ1) is 15.6. The second-order valence-corrected chi connectivity index (χ2v) is 7.58. The van der Waals surface area contributed by atoms with Gasteiger partial charge in [0.25, 0.3) is 5.91 Å². The third-order valence-corrected chi connectivity index (χ3v) is 5.09. The van der Waals surface area contributed by atoms with E-state index in [2.05, 4.69) is 15.6 Å². The van der Waals surface area contributed by atoms with Crippen molar-refractivity contribution < 1.29 is 9.59 Å². The monoisotopic (exact) mass is 345 g/mol. The van der Waals surface area contributed by atoms with Crippen LogP contribution in [0.3, 0.4) is 0 Å². The second kappa shape index (κ2) is 6.47. The number of nitrogens with zero attached hydrogens (tertiary/aromatic N) is 1. The van der Waals surface area contributed by atoms with Crippen LogP contribution in [-0.2, 0) is 4.79 Å². The summed E-state index contributed by atoms with van der Waals surface area (Å²) in [6.07, 6.45) is 0. The molecular weight excluding hydrogens is 330 g/mol. The maximum atomic E-state index is 12.0. The molecule has 0 unspecified atom stereocenters. The molecule has 5 nitrogen and oxygen atoms in total. The van der Waals surface area contributed by atoms with E-state index in [1.165, 1.54) is 11.3 Å². The van der Waals surface area contributed by atoms with E-state index in [9.17, 15) is 9.59 Å². The number of aromatic nitrogens is 1. The third-order valence-electron chi connectivity index (χ3n) is 3.15. The molecule has 2 amide bonds. The maximum absolute atomic E-state index is 12.0. The Hall–Kier alpha value is -2.25. The van der Waals surface area contributed by atoms with Gasteiger partial charge in [-0.15, -0.1) is 22.7 Å². The summed E-state index contributed by atoms with van der Waals surface area (Å²) < 4.78 is 1.03. The van der Waals surface area contributed by atoms with Crippen molar-refractivity contribution in [1.82, 2.24) is 10.3 Å². The zero-order chi connectivity index (χ0) is 16.4. The molecule has 1 aromatic carbocycles. The summed E-state index contributed by atoms with van der Waals surface area (Å²) in [4.78, 5) is 29.9. The van der Waals surface area contributed by atoms with Gasteiger partial charge >= 0.3 is 0 Å². The molecule has 2 heterocycles. The largest absolute Gasteiger partial charge is 0.342 e. The van der Waals surface area contributed by atoms with Gasteiger partial charge in [0.1, 0.15) is 0 Å². The summed E-state index contributed by atoms with van der Waals surface area (Å²) >= 11 is 2.99. The number of aryl methyl sites for hydroxylation is 2. The van der Waals surface area contributed by atoms with Crippen molar-refractivity contribution in [3.05, 3.63) is 45.1 Å². The first-order chi connectivity index (χ1) is 11.0. The fourth-order valence-corrected chi connectivity index (χ4v) is 3.78. The van der Waals surface area contributed by atoms with E-state index in [1.807, 2.05) is 38.1 Å². The number of benzene rings is 1. The van der Waals surface area contributed by atoms with Crippen LogP contribution in [0.1, 0.15) is 19.6 Å². The molecule has 0 aliphatic rings. The molecule has 7 heteroatoms. The molecule has 2 aromatic heterocycles. The highest BCUT2D eigenvalue weighted by atomic mass is 32.1. The zero-order valence-corrected chi connectivity index (χ0v) is 14.3. The van der Waals surface area contributed by atoms with Gasteiger partial charge in [-0.05, 0) is 44.2 Å². The van der Waals surface area contributed by atoms with Crippen molar-refractivity contribution in [2.75, 3.05) is 11.9 Å². The molecule has 2 N–H and O–H groups in total. The Bertz CT molecular complexity index is 882. The zero-order valence-electron chi connectivity index (χ0n) is 12.7. The number of rotatable bonds is 4. The van der Waals surface area contributed by atoms with Crippen LogP contribution in [0.25, 0.3) is 10.2 Å². The molecule has 0 saturated heterocycles. The molecule has 0 fully saturated rings. The van der Waals surface area contributed by atoms with Crippen molar-refractivity contribution in [2.24, 2.45) is 0 Å². The van der Waals surface area contributed by atoms with E-state index in [4.69, 9.17) is 0 Å². The van der Waals surface area contributed by atoms with E-state index < -0.39 is 0 Å². The minimum atomic E-state index is -0.257. The predicted molar refractivity (Wildman–Crippen MR) is 94.4 cm³/mol. The normalized spacial score (nSPS) is 10.7. The van der Waals surface area contributed by atoms with Gasteiger partial charge < -0.3 is 10.6 Å². The summed E-state index contributed by atoms with van der Waals surface area (Å²) in [5, 5.41) is 6.40. The number of carbonyl (C=O) groups is 2. The van der Waals surface area contributed by atoms with E-state index in [1.54, 1.807) is 17.4 Å². The molecule has 23 heavy (non-hydrogen) atoms. The summed E-state index contributed by atoms with van der Waals surface area (Å²) in [5.41, 5.74) is 1.62. The first-order valence-corrected chi connectivity index (χ1v) is 8.66. The molecule has 3 rings (SSSR count). The Balaban J connectivity index is 1.58. The number of thiazole rings is 1. The van der Waals surface area contributed by atoms with E-state index >= 15 is 0 Å². The number of carbonyl (C=O) groups excluding carboxylic acids is 2. The van der Waals surface area contributed by atoms with Crippen molar-refractivity contribution in [2.45, 2.75) is 13.8 Å². The number of thiophene rings is 1. The molecule has 0 saturated carbocycles. The second-order valence-electron chi connectivity index (χ2n) is 5.06. The average molecular weight is 345 g/mol. The Labute approximate surface area is 141 Å². The number of amides is 2. The topological polar surface area (TPSA) is 71.1 Å². The molecule has 0 atom stereocenters. The smallest absolute Gasteiger partial charge is 0.261 e. The van der Waals surface area contributed by atoms with Crippen LogP contribution in [0.4, 0.5) is 5.69 Å². The van der Waals surface area contributed by atoms with Gasteiger partial charge in [0.15, 0.2) is 0 Å². The highest BCUT2D eigenvalue weighted by molar-refractivity contribution is 7.18. The van der Waals surface area contributed by atoms with Crippen molar-refractivity contribution in [3.8, 4) is 0 Å². The van der Waals surface area contributed by atoms with Gasteiger partial charge in [0, 0.05) is 10.6 Å². The average Bonchev–Trinajstić information content (AvgIpc) is 3.09. The molecule has 118 valence electrons.